The molecule has 0 atom stereocenters. The molecule has 2 aromatic carbocycles. The number of para-hydroxylation sites is 1. The van der Waals surface area contributed by atoms with Gasteiger partial charge in [0.2, 0.25) is 17.0 Å². The molecule has 0 radical (unpaired) electrons. The molecule has 0 saturated heterocycles. The van der Waals surface area contributed by atoms with E-state index in [-0.39, 0.29) is 22.5 Å². The molecule has 0 aliphatic carbocycles. The number of aryl methyl sites for hydroxylation is 3. The molecule has 3 aromatic heterocycles. The predicted octanol–water partition coefficient (Wildman–Crippen LogP) is 3.45. The van der Waals surface area contributed by atoms with Gasteiger partial charge in [-0.25, -0.2) is 28.1 Å². The van der Waals surface area contributed by atoms with Gasteiger partial charge in [-0.2, -0.15) is 0 Å². The van der Waals surface area contributed by atoms with Crippen LogP contribution in [0, 0.1) is 13.8 Å². The van der Waals surface area contributed by atoms with Crippen molar-refractivity contribution in [2.45, 2.75) is 23.9 Å². The number of hydrogen-bond acceptors (Lipinski definition) is 9. The van der Waals surface area contributed by atoms with E-state index in [0.717, 1.165) is 22.7 Å². The molecule has 0 saturated carbocycles. The van der Waals surface area contributed by atoms with Crippen LogP contribution in [0.25, 0.3) is 22.1 Å². The van der Waals surface area contributed by atoms with Gasteiger partial charge in [0.25, 0.3) is 10.0 Å². The average Bonchev–Trinajstić information content (AvgIpc) is 3.14. The summed E-state index contributed by atoms with van der Waals surface area (Å²) in [4.78, 5) is 25.3. The number of anilines is 2. The van der Waals surface area contributed by atoms with Crippen molar-refractivity contribution < 1.29 is 13.2 Å². The summed E-state index contributed by atoms with van der Waals surface area (Å²) in [5, 5.41) is 12.6. The highest BCUT2D eigenvalue weighted by Gasteiger charge is 2.17. The third kappa shape index (κ3) is 5.22. The van der Waals surface area contributed by atoms with E-state index in [4.69, 9.17) is 0 Å². The Balaban J connectivity index is 1.22. The van der Waals surface area contributed by atoms with E-state index in [1.54, 1.807) is 19.9 Å². The highest BCUT2D eigenvalue weighted by Crippen LogP contribution is 2.26. The van der Waals surface area contributed by atoms with Crippen molar-refractivity contribution >= 4 is 61.4 Å². The molecule has 0 aliphatic rings. The maximum atomic E-state index is 12.7. The number of aromatic nitrogens is 6. The van der Waals surface area contributed by atoms with Gasteiger partial charge in [-0.15, -0.1) is 10.2 Å². The smallest absolute Gasteiger partial charge is 0.264 e. The van der Waals surface area contributed by atoms with Crippen molar-refractivity contribution in [3.63, 3.8) is 0 Å². The molecule has 0 fully saturated rings. The van der Waals surface area contributed by atoms with E-state index in [0.29, 0.717) is 33.4 Å². The van der Waals surface area contributed by atoms with E-state index >= 15 is 0 Å². The first-order valence-corrected chi connectivity index (χ1v) is 13.6. The zero-order valence-corrected chi connectivity index (χ0v) is 21.8. The molecule has 3 heterocycles. The molecule has 0 bridgehead atoms. The SMILES string of the molecule is Cc1cc(C)nc(NS(=O)(=O)c2ccc(NC(=O)CSc3nnc4c5ccccc5n(C)c4n3)cc2)n1. The lowest BCUT2D eigenvalue weighted by atomic mass is 10.2. The number of hydrogen-bond donors (Lipinski definition) is 2. The summed E-state index contributed by atoms with van der Waals surface area (Å²) in [5.41, 5.74) is 4.16. The van der Waals surface area contributed by atoms with Crippen molar-refractivity contribution in [3.05, 3.63) is 66.0 Å². The first kappa shape index (κ1) is 24.6. The molecule has 5 rings (SSSR count). The van der Waals surface area contributed by atoms with Crippen LogP contribution < -0.4 is 10.0 Å². The molecule has 13 heteroatoms. The van der Waals surface area contributed by atoms with Crippen LogP contribution in [0.2, 0.25) is 0 Å². The lowest BCUT2D eigenvalue weighted by molar-refractivity contribution is -0.113. The first-order chi connectivity index (χ1) is 17.7. The van der Waals surface area contributed by atoms with Gasteiger partial charge in [0, 0.05) is 29.5 Å². The quantitative estimate of drug-likeness (QED) is 0.300. The topological polar surface area (TPSA) is 145 Å². The van der Waals surface area contributed by atoms with Crippen molar-refractivity contribution in [1.29, 1.82) is 0 Å². The maximum absolute atomic E-state index is 12.7. The molecule has 11 nitrogen and oxygen atoms in total. The summed E-state index contributed by atoms with van der Waals surface area (Å²) in [6.07, 6.45) is 0. The summed E-state index contributed by atoms with van der Waals surface area (Å²) < 4.78 is 29.7. The van der Waals surface area contributed by atoms with Crippen LogP contribution in [-0.4, -0.2) is 49.8 Å². The Morgan fingerprint density at radius 3 is 2.41 bits per heavy atom. The Morgan fingerprint density at radius 2 is 1.68 bits per heavy atom. The van der Waals surface area contributed by atoms with Crippen molar-refractivity contribution in [2.75, 3.05) is 15.8 Å². The summed E-state index contributed by atoms with van der Waals surface area (Å²) >= 11 is 1.16. The van der Waals surface area contributed by atoms with Crippen molar-refractivity contribution in [3.8, 4) is 0 Å². The second-order valence-electron chi connectivity index (χ2n) is 8.28. The number of sulfonamides is 1. The third-order valence-electron chi connectivity index (χ3n) is 5.48. The second kappa shape index (κ2) is 9.75. The molecular formula is C24H22N8O3S2. The number of rotatable bonds is 7. The minimum atomic E-state index is -3.89. The van der Waals surface area contributed by atoms with E-state index < -0.39 is 10.0 Å². The maximum Gasteiger partial charge on any atom is 0.264 e. The number of nitrogens with zero attached hydrogens (tertiary/aromatic N) is 6. The Hall–Kier alpha value is -4.10. The molecular weight excluding hydrogens is 512 g/mol. The van der Waals surface area contributed by atoms with Gasteiger partial charge in [-0.3, -0.25) is 4.79 Å². The van der Waals surface area contributed by atoms with Crippen LogP contribution in [-0.2, 0) is 21.9 Å². The fourth-order valence-corrected chi connectivity index (χ4v) is 5.37. The Bertz CT molecular complexity index is 1730. The van der Waals surface area contributed by atoms with E-state index in [1.807, 2.05) is 35.9 Å². The average molecular weight is 535 g/mol. The predicted molar refractivity (Wildman–Crippen MR) is 142 cm³/mol. The summed E-state index contributed by atoms with van der Waals surface area (Å²) in [5.74, 6) is -0.226. The van der Waals surface area contributed by atoms with Gasteiger partial charge in [0.05, 0.1) is 16.2 Å². The highest BCUT2D eigenvalue weighted by atomic mass is 32.2. The number of carbonyl (C=O) groups excluding carboxylic acids is 1. The minimum Gasteiger partial charge on any atom is -0.327 e. The lowest BCUT2D eigenvalue weighted by Crippen LogP contribution is -2.16. The van der Waals surface area contributed by atoms with Crippen LogP contribution >= 0.6 is 11.8 Å². The number of thioether (sulfide) groups is 1. The van der Waals surface area contributed by atoms with Gasteiger partial charge in [-0.05, 0) is 50.2 Å². The molecule has 5 aromatic rings. The van der Waals surface area contributed by atoms with E-state index in [1.165, 1.54) is 24.3 Å². The lowest BCUT2D eigenvalue weighted by Gasteiger charge is -2.09. The van der Waals surface area contributed by atoms with Crippen LogP contribution in [0.4, 0.5) is 11.6 Å². The van der Waals surface area contributed by atoms with Crippen LogP contribution in [0.3, 0.4) is 0 Å². The standard InChI is InChI=1S/C24H22N8O3S2/c1-14-12-15(2)26-23(25-14)31-37(34,35)17-10-8-16(9-11-17)27-20(33)13-36-24-28-22-21(29-30-24)18-6-4-5-7-19(18)32(22)3/h4-12H,13H2,1-3H3,(H,27,33)(H,25,26,31). The minimum absolute atomic E-state index is 0.00485. The zero-order chi connectivity index (χ0) is 26.2. The number of carbonyl (C=O) groups is 1. The van der Waals surface area contributed by atoms with Crippen LogP contribution in [0.5, 0.6) is 0 Å². The Labute approximate surface area is 216 Å². The third-order valence-corrected chi connectivity index (χ3v) is 7.66. The monoisotopic (exact) mass is 534 g/mol. The van der Waals surface area contributed by atoms with Crippen molar-refractivity contribution in [1.82, 2.24) is 29.7 Å². The number of fused-ring (bicyclic) bond motifs is 3. The molecule has 0 aliphatic heterocycles. The fourth-order valence-electron chi connectivity index (χ4n) is 3.85. The van der Waals surface area contributed by atoms with Gasteiger partial charge in [0.1, 0.15) is 5.52 Å². The van der Waals surface area contributed by atoms with Crippen molar-refractivity contribution in [2.24, 2.45) is 7.05 Å². The molecule has 37 heavy (non-hydrogen) atoms. The molecule has 0 unspecified atom stereocenters. The Morgan fingerprint density at radius 1 is 0.973 bits per heavy atom. The number of benzene rings is 2. The number of nitrogens with one attached hydrogen (secondary N) is 2. The summed E-state index contributed by atoms with van der Waals surface area (Å²) in [6, 6.07) is 15.4. The fraction of sp³-hybridized carbons (Fsp3) is 0.167. The number of amides is 1. The zero-order valence-electron chi connectivity index (χ0n) is 20.1. The highest BCUT2D eigenvalue weighted by molar-refractivity contribution is 7.99. The molecule has 0 spiro atoms. The largest absolute Gasteiger partial charge is 0.327 e. The van der Waals surface area contributed by atoms with Crippen LogP contribution in [0.1, 0.15) is 11.4 Å². The summed E-state index contributed by atoms with van der Waals surface area (Å²) in [6.45, 7) is 3.51. The first-order valence-electron chi connectivity index (χ1n) is 11.2. The molecule has 2 N–H and O–H groups in total. The van der Waals surface area contributed by atoms with Gasteiger partial charge in [-0.1, -0.05) is 30.0 Å². The molecule has 1 amide bonds. The van der Waals surface area contributed by atoms with E-state index in [2.05, 4.69) is 35.2 Å². The van der Waals surface area contributed by atoms with Gasteiger partial charge >= 0.3 is 0 Å². The summed E-state index contributed by atoms with van der Waals surface area (Å²) in [7, 11) is -1.98. The normalized spacial score (nSPS) is 11.6. The molecule has 188 valence electrons. The Kier molecular flexibility index (Phi) is 6.48. The van der Waals surface area contributed by atoms with Crippen LogP contribution in [0.15, 0.2) is 64.6 Å². The second-order valence-corrected chi connectivity index (χ2v) is 10.9. The van der Waals surface area contributed by atoms with E-state index in [9.17, 15) is 13.2 Å². The van der Waals surface area contributed by atoms with Gasteiger partial charge < -0.3 is 9.88 Å². The van der Waals surface area contributed by atoms with Gasteiger partial charge in [0.15, 0.2) is 5.65 Å².